The lowest BCUT2D eigenvalue weighted by atomic mass is 9.88. The van der Waals surface area contributed by atoms with Gasteiger partial charge in [-0.2, -0.15) is 13.2 Å². The Morgan fingerprint density at radius 1 is 1.20 bits per heavy atom. The summed E-state index contributed by atoms with van der Waals surface area (Å²) in [6.45, 7) is 4.93. The minimum absolute atomic E-state index is 0.00676. The third kappa shape index (κ3) is 4.64. The zero-order valence-corrected chi connectivity index (χ0v) is 14.1. The van der Waals surface area contributed by atoms with Crippen molar-refractivity contribution in [1.82, 2.24) is 4.90 Å². The van der Waals surface area contributed by atoms with Gasteiger partial charge in [-0.25, -0.2) is 4.79 Å². The number of aliphatic carboxylic acids is 1. The van der Waals surface area contributed by atoms with E-state index in [1.54, 1.807) is 20.8 Å². The van der Waals surface area contributed by atoms with Gasteiger partial charge in [0.2, 0.25) is 0 Å². The van der Waals surface area contributed by atoms with Crippen LogP contribution in [0.25, 0.3) is 0 Å². The van der Waals surface area contributed by atoms with Crippen molar-refractivity contribution in [3.05, 3.63) is 35.4 Å². The van der Waals surface area contributed by atoms with Gasteiger partial charge in [0.1, 0.15) is 5.60 Å². The average molecular weight is 359 g/mol. The van der Waals surface area contributed by atoms with Gasteiger partial charge in [-0.3, -0.25) is 4.79 Å². The number of rotatable bonds is 2. The van der Waals surface area contributed by atoms with E-state index in [0.717, 1.165) is 12.1 Å². The van der Waals surface area contributed by atoms with Crippen LogP contribution in [-0.2, 0) is 15.7 Å². The number of hydrogen-bond donors (Lipinski definition) is 1. The Morgan fingerprint density at radius 2 is 1.84 bits per heavy atom. The maximum atomic E-state index is 12.9. The fraction of sp³-hybridized carbons (Fsp3) is 0.529. The van der Waals surface area contributed by atoms with E-state index < -0.39 is 41.2 Å². The first-order valence-electron chi connectivity index (χ1n) is 7.76. The summed E-state index contributed by atoms with van der Waals surface area (Å²) in [4.78, 5) is 24.9. The standard InChI is InChI=1S/C17H20F3NO4/c1-16(2,3)25-15(24)21-8-12(13(9-21)14(22)23)10-5-4-6-11(7-10)17(18,19)20/h4-7,12-13H,8-9H2,1-3H3,(H,22,23)/t12-,13+/m1/s1. The molecule has 0 aliphatic carbocycles. The molecular formula is C17H20F3NO4. The monoisotopic (exact) mass is 359 g/mol. The molecule has 1 amide bonds. The zero-order valence-electron chi connectivity index (χ0n) is 14.1. The summed E-state index contributed by atoms with van der Waals surface area (Å²) in [5.74, 6) is -2.88. The Bertz CT molecular complexity index is 667. The third-order valence-corrected chi connectivity index (χ3v) is 3.93. The van der Waals surface area contributed by atoms with Crippen LogP contribution in [0.1, 0.15) is 37.8 Å². The molecule has 0 saturated carbocycles. The molecule has 25 heavy (non-hydrogen) atoms. The molecule has 2 atom stereocenters. The lowest BCUT2D eigenvalue weighted by Gasteiger charge is -2.24. The number of hydrogen-bond acceptors (Lipinski definition) is 3. The number of halogens is 3. The molecule has 8 heteroatoms. The van der Waals surface area contributed by atoms with E-state index in [2.05, 4.69) is 0 Å². The number of benzene rings is 1. The maximum Gasteiger partial charge on any atom is 0.416 e. The molecule has 1 saturated heterocycles. The number of carbonyl (C=O) groups excluding carboxylic acids is 1. The van der Waals surface area contributed by atoms with Crippen LogP contribution in [-0.4, -0.2) is 40.8 Å². The van der Waals surface area contributed by atoms with E-state index in [1.165, 1.54) is 17.0 Å². The number of alkyl halides is 3. The second-order valence-corrected chi connectivity index (χ2v) is 7.06. The minimum atomic E-state index is -4.52. The van der Waals surface area contributed by atoms with Crippen molar-refractivity contribution in [3.63, 3.8) is 0 Å². The normalized spacial score (nSPS) is 21.3. The Hall–Kier alpha value is -2.25. The van der Waals surface area contributed by atoms with Crippen LogP contribution in [0, 0.1) is 5.92 Å². The number of carbonyl (C=O) groups is 2. The summed E-state index contributed by atoms with van der Waals surface area (Å²) in [7, 11) is 0. The Labute approximate surface area is 143 Å². The summed E-state index contributed by atoms with van der Waals surface area (Å²) in [5, 5.41) is 9.41. The molecular weight excluding hydrogens is 339 g/mol. The fourth-order valence-electron chi connectivity index (χ4n) is 2.81. The second-order valence-electron chi connectivity index (χ2n) is 7.06. The van der Waals surface area contributed by atoms with Gasteiger partial charge in [0, 0.05) is 19.0 Å². The maximum absolute atomic E-state index is 12.9. The molecule has 1 heterocycles. The first-order chi connectivity index (χ1) is 11.4. The van der Waals surface area contributed by atoms with Crippen LogP contribution in [0.4, 0.5) is 18.0 Å². The van der Waals surface area contributed by atoms with Crippen molar-refractivity contribution in [2.75, 3.05) is 13.1 Å². The number of carboxylic acid groups (broad SMARTS) is 1. The highest BCUT2D eigenvalue weighted by molar-refractivity contribution is 5.76. The first-order valence-corrected chi connectivity index (χ1v) is 7.76. The van der Waals surface area contributed by atoms with Crippen LogP contribution >= 0.6 is 0 Å². The smallest absolute Gasteiger partial charge is 0.416 e. The topological polar surface area (TPSA) is 66.8 Å². The largest absolute Gasteiger partial charge is 0.481 e. The summed E-state index contributed by atoms with van der Waals surface area (Å²) in [5.41, 5.74) is -1.34. The van der Waals surface area contributed by atoms with Crippen molar-refractivity contribution in [3.8, 4) is 0 Å². The first kappa shape index (κ1) is 19.1. The summed E-state index contributed by atoms with van der Waals surface area (Å²) < 4.78 is 43.9. The Kier molecular flexibility index (Phi) is 5.02. The molecule has 1 fully saturated rings. The number of nitrogens with zero attached hydrogens (tertiary/aromatic N) is 1. The molecule has 2 rings (SSSR count). The van der Waals surface area contributed by atoms with Gasteiger partial charge >= 0.3 is 18.2 Å². The molecule has 0 unspecified atom stereocenters. The van der Waals surface area contributed by atoms with Gasteiger partial charge in [-0.1, -0.05) is 18.2 Å². The van der Waals surface area contributed by atoms with Gasteiger partial charge in [-0.05, 0) is 32.4 Å². The van der Waals surface area contributed by atoms with Crippen molar-refractivity contribution < 1.29 is 32.6 Å². The SMILES string of the molecule is CC(C)(C)OC(=O)N1C[C@H](C(=O)O)[C@@H](c2cccc(C(F)(F)F)c2)C1. The predicted molar refractivity (Wildman–Crippen MR) is 83.1 cm³/mol. The molecule has 0 spiro atoms. The minimum Gasteiger partial charge on any atom is -0.481 e. The van der Waals surface area contributed by atoms with Crippen LogP contribution in [0.5, 0.6) is 0 Å². The lowest BCUT2D eigenvalue weighted by molar-refractivity contribution is -0.141. The highest BCUT2D eigenvalue weighted by atomic mass is 19.4. The van der Waals surface area contributed by atoms with Gasteiger partial charge in [0.15, 0.2) is 0 Å². The quantitative estimate of drug-likeness (QED) is 0.874. The van der Waals surface area contributed by atoms with E-state index in [9.17, 15) is 27.9 Å². The van der Waals surface area contributed by atoms with Crippen molar-refractivity contribution >= 4 is 12.1 Å². The third-order valence-electron chi connectivity index (χ3n) is 3.93. The van der Waals surface area contributed by atoms with Gasteiger partial charge < -0.3 is 14.7 Å². The van der Waals surface area contributed by atoms with Gasteiger partial charge in [-0.15, -0.1) is 0 Å². The van der Waals surface area contributed by atoms with Crippen molar-refractivity contribution in [1.29, 1.82) is 0 Å². The fourth-order valence-corrected chi connectivity index (χ4v) is 2.81. The van der Waals surface area contributed by atoms with Crippen LogP contribution in [0.3, 0.4) is 0 Å². The average Bonchev–Trinajstić information content (AvgIpc) is 2.90. The molecule has 1 aliphatic rings. The Balaban J connectivity index is 2.27. The van der Waals surface area contributed by atoms with Gasteiger partial charge in [0.25, 0.3) is 0 Å². The van der Waals surface area contributed by atoms with Crippen molar-refractivity contribution in [2.45, 2.75) is 38.5 Å². The van der Waals surface area contributed by atoms with Crippen LogP contribution < -0.4 is 0 Å². The summed E-state index contributed by atoms with van der Waals surface area (Å²) in [6, 6.07) is 4.57. The summed E-state index contributed by atoms with van der Waals surface area (Å²) >= 11 is 0. The van der Waals surface area contributed by atoms with Gasteiger partial charge in [0.05, 0.1) is 11.5 Å². The second kappa shape index (κ2) is 6.57. The molecule has 138 valence electrons. The van der Waals surface area contributed by atoms with Crippen LogP contribution in [0.15, 0.2) is 24.3 Å². The van der Waals surface area contributed by atoms with E-state index in [4.69, 9.17) is 4.74 Å². The molecule has 5 nitrogen and oxygen atoms in total. The predicted octanol–water partition coefficient (Wildman–Crippen LogP) is 3.74. The zero-order chi connectivity index (χ0) is 19.0. The summed E-state index contributed by atoms with van der Waals surface area (Å²) in [6.07, 6.45) is -5.19. The molecule has 1 aromatic carbocycles. The van der Waals surface area contributed by atoms with E-state index >= 15 is 0 Å². The van der Waals surface area contributed by atoms with Crippen LogP contribution in [0.2, 0.25) is 0 Å². The van der Waals surface area contributed by atoms with E-state index in [-0.39, 0.29) is 18.7 Å². The molecule has 1 aromatic rings. The van der Waals surface area contributed by atoms with E-state index in [1.807, 2.05) is 0 Å². The number of carboxylic acids is 1. The lowest BCUT2D eigenvalue weighted by Crippen LogP contribution is -2.35. The van der Waals surface area contributed by atoms with E-state index in [0.29, 0.717) is 0 Å². The highest BCUT2D eigenvalue weighted by Gasteiger charge is 2.42. The molecule has 0 aromatic heterocycles. The molecule has 0 bridgehead atoms. The molecule has 1 aliphatic heterocycles. The Morgan fingerprint density at radius 3 is 2.36 bits per heavy atom. The highest BCUT2D eigenvalue weighted by Crippen LogP contribution is 2.37. The molecule has 1 N–H and O–H groups in total. The number of ether oxygens (including phenoxy) is 1. The number of amides is 1. The molecule has 0 radical (unpaired) electrons. The number of likely N-dealkylation sites (tertiary alicyclic amines) is 1. The van der Waals surface area contributed by atoms with Crippen molar-refractivity contribution in [2.24, 2.45) is 5.92 Å².